The smallest absolute Gasteiger partial charge is 0.459 e. The molecule has 6 rings (SSSR count). The van der Waals surface area contributed by atoms with Crippen LogP contribution in [0, 0.1) is 6.92 Å². The third-order valence-electron chi connectivity index (χ3n) is 6.34. The Morgan fingerprint density at radius 1 is 1.18 bits per heavy atom. The van der Waals surface area contributed by atoms with Crippen LogP contribution in [0.4, 0.5) is 14.5 Å². The summed E-state index contributed by atoms with van der Waals surface area (Å²) in [4.78, 5) is 28.5. The van der Waals surface area contributed by atoms with E-state index in [1.165, 1.54) is 23.1 Å². The predicted molar refractivity (Wildman–Crippen MR) is 133 cm³/mol. The number of furan rings is 1. The van der Waals surface area contributed by atoms with Gasteiger partial charge in [0.15, 0.2) is 17.1 Å². The van der Waals surface area contributed by atoms with E-state index in [1.807, 2.05) is 0 Å². The van der Waals surface area contributed by atoms with Crippen LogP contribution in [0.2, 0.25) is 5.02 Å². The van der Waals surface area contributed by atoms with Gasteiger partial charge in [-0.25, -0.2) is 4.68 Å². The molecule has 9 nitrogen and oxygen atoms in total. The topological polar surface area (TPSA) is 96.0 Å². The Morgan fingerprint density at radius 2 is 2.00 bits per heavy atom. The summed E-state index contributed by atoms with van der Waals surface area (Å²) >= 11 is 6.18. The van der Waals surface area contributed by atoms with Crippen LogP contribution in [-0.2, 0) is 16.1 Å². The molecule has 4 aromatic rings. The second kappa shape index (κ2) is 9.10. The molecule has 1 amide bonds. The molecule has 38 heavy (non-hydrogen) atoms. The number of anilines is 1. The van der Waals surface area contributed by atoms with E-state index >= 15 is 0 Å². The summed E-state index contributed by atoms with van der Waals surface area (Å²) in [7, 11) is 0. The molecule has 1 atom stereocenters. The van der Waals surface area contributed by atoms with Crippen LogP contribution in [0.15, 0.2) is 57.7 Å². The Labute approximate surface area is 219 Å². The van der Waals surface area contributed by atoms with E-state index < -0.39 is 24.3 Å². The number of ether oxygens (including phenoxy) is 3. The normalized spacial score (nSPS) is 17.7. The summed E-state index contributed by atoms with van der Waals surface area (Å²) in [5.41, 5.74) is 1.04. The third-order valence-corrected chi connectivity index (χ3v) is 6.58. The van der Waals surface area contributed by atoms with Gasteiger partial charge in [0.25, 0.3) is 5.56 Å². The van der Waals surface area contributed by atoms with Crippen molar-refractivity contribution in [2.75, 3.05) is 18.1 Å². The van der Waals surface area contributed by atoms with E-state index in [-0.39, 0.29) is 35.1 Å². The van der Waals surface area contributed by atoms with Gasteiger partial charge in [-0.2, -0.15) is 5.10 Å². The minimum atomic E-state index is -3.79. The van der Waals surface area contributed by atoms with Crippen LogP contribution < -0.4 is 19.9 Å². The van der Waals surface area contributed by atoms with Crippen molar-refractivity contribution >= 4 is 34.2 Å². The average molecular weight is 544 g/mol. The first-order valence-electron chi connectivity index (χ1n) is 11.8. The number of rotatable bonds is 5. The molecule has 4 heterocycles. The Morgan fingerprint density at radius 3 is 2.76 bits per heavy atom. The molecule has 0 aliphatic carbocycles. The monoisotopic (exact) mass is 543 g/mol. The number of nitrogens with zero attached hydrogens (tertiary/aromatic N) is 3. The first-order chi connectivity index (χ1) is 18.2. The van der Waals surface area contributed by atoms with Gasteiger partial charge in [0.05, 0.1) is 18.0 Å². The predicted octanol–water partition coefficient (Wildman–Crippen LogP) is 4.76. The van der Waals surface area contributed by atoms with Gasteiger partial charge >= 0.3 is 6.29 Å². The summed E-state index contributed by atoms with van der Waals surface area (Å²) in [6.07, 6.45) is -3.27. The SMILES string of the molecule is Cc1cc2c(=O)n(CC(=O)N(c3ccc4c(c3)OC(F)(F)O4)C3CCOC3)nc(-c3cccc(Cl)c3)c2o1. The lowest BCUT2D eigenvalue weighted by Crippen LogP contribution is -2.44. The number of benzene rings is 2. The van der Waals surface area contributed by atoms with Crippen molar-refractivity contribution in [3.8, 4) is 22.8 Å². The van der Waals surface area contributed by atoms with Crippen LogP contribution in [0.1, 0.15) is 12.2 Å². The van der Waals surface area contributed by atoms with E-state index in [0.717, 1.165) is 4.68 Å². The van der Waals surface area contributed by atoms with Crippen LogP contribution in [-0.4, -0.2) is 41.2 Å². The van der Waals surface area contributed by atoms with Gasteiger partial charge < -0.3 is 23.5 Å². The summed E-state index contributed by atoms with van der Waals surface area (Å²) in [5.74, 6) is -0.317. The number of aromatic nitrogens is 2. The quantitative estimate of drug-likeness (QED) is 0.358. The zero-order valence-corrected chi connectivity index (χ0v) is 20.7. The molecular weight excluding hydrogens is 524 g/mol. The lowest BCUT2D eigenvalue weighted by atomic mass is 10.1. The number of carbonyl (C=O) groups excluding carboxylic acids is 1. The molecule has 0 radical (unpaired) electrons. The number of aryl methyl sites for hydroxylation is 1. The number of amides is 1. The number of fused-ring (bicyclic) bond motifs is 2. The molecule has 0 saturated carbocycles. The van der Waals surface area contributed by atoms with Gasteiger partial charge in [-0.05, 0) is 43.7 Å². The van der Waals surface area contributed by atoms with Crippen molar-refractivity contribution in [1.82, 2.24) is 9.78 Å². The van der Waals surface area contributed by atoms with Crippen molar-refractivity contribution in [2.24, 2.45) is 0 Å². The van der Waals surface area contributed by atoms with Gasteiger partial charge in [0, 0.05) is 28.9 Å². The highest BCUT2D eigenvalue weighted by molar-refractivity contribution is 6.30. The Kier molecular flexibility index (Phi) is 5.84. The molecular formula is C26H20ClF2N3O6. The van der Waals surface area contributed by atoms with Gasteiger partial charge in [-0.1, -0.05) is 23.7 Å². The molecule has 1 fully saturated rings. The lowest BCUT2D eigenvalue weighted by Gasteiger charge is -2.28. The van der Waals surface area contributed by atoms with Crippen molar-refractivity contribution < 1.29 is 32.2 Å². The second-order valence-electron chi connectivity index (χ2n) is 9.00. The minimum absolute atomic E-state index is 0.140. The molecule has 196 valence electrons. The zero-order valence-electron chi connectivity index (χ0n) is 19.9. The highest BCUT2D eigenvalue weighted by Gasteiger charge is 2.44. The first-order valence-corrected chi connectivity index (χ1v) is 12.1. The van der Waals surface area contributed by atoms with Crippen molar-refractivity contribution in [3.05, 3.63) is 69.7 Å². The van der Waals surface area contributed by atoms with Crippen LogP contribution in [0.3, 0.4) is 0 Å². The molecule has 2 aliphatic heterocycles. The van der Waals surface area contributed by atoms with Crippen molar-refractivity contribution in [3.63, 3.8) is 0 Å². The third kappa shape index (κ3) is 4.37. The van der Waals surface area contributed by atoms with Crippen molar-refractivity contribution in [1.29, 1.82) is 0 Å². The molecule has 0 bridgehead atoms. The number of halogens is 3. The van der Waals surface area contributed by atoms with E-state index in [2.05, 4.69) is 14.6 Å². The summed E-state index contributed by atoms with van der Waals surface area (Å²) in [6.45, 7) is 1.95. The van der Waals surface area contributed by atoms with Crippen molar-refractivity contribution in [2.45, 2.75) is 32.2 Å². The molecule has 2 aliphatic rings. The number of hydrogen-bond donors (Lipinski definition) is 0. The summed E-state index contributed by atoms with van der Waals surface area (Å²) < 4.78 is 48.5. The van der Waals surface area contributed by atoms with E-state index in [9.17, 15) is 18.4 Å². The van der Waals surface area contributed by atoms with Crippen LogP contribution in [0.25, 0.3) is 22.2 Å². The fourth-order valence-corrected chi connectivity index (χ4v) is 4.90. The van der Waals surface area contributed by atoms with Gasteiger partial charge in [-0.15, -0.1) is 8.78 Å². The van der Waals surface area contributed by atoms with E-state index in [1.54, 1.807) is 37.3 Å². The van der Waals surface area contributed by atoms with Crippen LogP contribution in [0.5, 0.6) is 11.5 Å². The molecule has 1 saturated heterocycles. The fourth-order valence-electron chi connectivity index (χ4n) is 4.71. The zero-order chi connectivity index (χ0) is 26.6. The minimum Gasteiger partial charge on any atom is -0.459 e. The fraction of sp³-hybridized carbons (Fsp3) is 0.269. The molecule has 12 heteroatoms. The Balaban J connectivity index is 1.41. The number of carbonyl (C=O) groups is 1. The molecule has 2 aromatic carbocycles. The second-order valence-corrected chi connectivity index (χ2v) is 9.44. The lowest BCUT2D eigenvalue weighted by molar-refractivity contribution is -0.286. The Bertz CT molecular complexity index is 1630. The van der Waals surface area contributed by atoms with Gasteiger partial charge in [0.1, 0.15) is 18.0 Å². The average Bonchev–Trinajstić information content (AvgIpc) is 3.59. The maximum Gasteiger partial charge on any atom is 0.586 e. The first kappa shape index (κ1) is 24.4. The summed E-state index contributed by atoms with van der Waals surface area (Å²) in [6, 6.07) is 12.2. The molecule has 0 N–H and O–H groups in total. The molecule has 1 unspecified atom stereocenters. The van der Waals surface area contributed by atoms with E-state index in [4.69, 9.17) is 20.8 Å². The summed E-state index contributed by atoms with van der Waals surface area (Å²) in [5, 5.41) is 5.21. The molecule has 2 aromatic heterocycles. The Hall–Kier alpha value is -3.96. The maximum absolute atomic E-state index is 13.7. The highest BCUT2D eigenvalue weighted by atomic mass is 35.5. The largest absolute Gasteiger partial charge is 0.586 e. The van der Waals surface area contributed by atoms with Crippen LogP contribution >= 0.6 is 11.6 Å². The molecule has 0 spiro atoms. The van der Waals surface area contributed by atoms with E-state index in [0.29, 0.717) is 40.8 Å². The maximum atomic E-state index is 13.7. The van der Waals surface area contributed by atoms with Gasteiger partial charge in [-0.3, -0.25) is 9.59 Å². The standard InChI is InChI=1S/C26H20ClF2N3O6/c1-14-9-19-24(36-14)23(15-3-2-4-16(27)10-15)30-31(25(19)34)12-22(33)32(18-7-8-35-13-18)17-5-6-20-21(11-17)38-26(28,29)37-20/h2-6,9-11,18H,7-8,12-13H2,1H3. The van der Waals surface area contributed by atoms with Gasteiger partial charge in [0.2, 0.25) is 5.91 Å². The number of hydrogen-bond acceptors (Lipinski definition) is 7. The highest BCUT2D eigenvalue weighted by Crippen LogP contribution is 2.43. The number of alkyl halides is 2.